The molecule has 0 radical (unpaired) electrons. The van der Waals surface area contributed by atoms with E-state index in [4.69, 9.17) is 5.11 Å². The second-order valence-corrected chi connectivity index (χ2v) is 5.64. The lowest BCUT2D eigenvalue weighted by Gasteiger charge is -2.27. The molecule has 1 aliphatic heterocycles. The minimum Gasteiger partial charge on any atom is -0.481 e. The van der Waals surface area contributed by atoms with Gasteiger partial charge in [0.1, 0.15) is 0 Å². The van der Waals surface area contributed by atoms with Crippen LogP contribution in [0.5, 0.6) is 0 Å². The van der Waals surface area contributed by atoms with Crippen molar-refractivity contribution in [3.63, 3.8) is 0 Å². The predicted molar refractivity (Wildman–Crippen MR) is 62.0 cm³/mol. The number of nitrogens with zero attached hydrogens (tertiary/aromatic N) is 1. The van der Waals surface area contributed by atoms with Gasteiger partial charge in [0.25, 0.3) is 0 Å². The maximum Gasteiger partial charge on any atom is 0.307 e. The van der Waals surface area contributed by atoms with Gasteiger partial charge in [-0.1, -0.05) is 20.3 Å². The number of carboxylic acids is 1. The molecule has 0 bridgehead atoms. The van der Waals surface area contributed by atoms with Gasteiger partial charge in [0, 0.05) is 13.1 Å². The summed E-state index contributed by atoms with van der Waals surface area (Å²) < 4.78 is 0. The Balaban J connectivity index is 1.90. The fourth-order valence-corrected chi connectivity index (χ4v) is 2.82. The molecule has 5 heteroatoms. The fourth-order valence-electron chi connectivity index (χ4n) is 2.82. The predicted octanol–water partition coefficient (Wildman–Crippen LogP) is 0.860. The van der Waals surface area contributed by atoms with Gasteiger partial charge in [-0.2, -0.15) is 0 Å². The Morgan fingerprint density at radius 2 is 1.76 bits per heavy atom. The lowest BCUT2D eigenvalue weighted by molar-refractivity contribution is -0.141. The monoisotopic (exact) mass is 240 g/mol. The smallest absolute Gasteiger partial charge is 0.307 e. The van der Waals surface area contributed by atoms with Crippen LogP contribution in [-0.4, -0.2) is 35.1 Å². The average Bonchev–Trinajstić information content (AvgIpc) is 2.83. The van der Waals surface area contributed by atoms with Gasteiger partial charge in [-0.25, -0.2) is 5.01 Å². The molecule has 2 fully saturated rings. The number of amides is 1. The molecule has 17 heavy (non-hydrogen) atoms. The molecule has 1 saturated carbocycles. The van der Waals surface area contributed by atoms with E-state index in [-0.39, 0.29) is 11.8 Å². The average molecular weight is 240 g/mol. The molecule has 1 aliphatic carbocycles. The summed E-state index contributed by atoms with van der Waals surface area (Å²) in [5.41, 5.74) is 2.44. The van der Waals surface area contributed by atoms with E-state index in [2.05, 4.69) is 5.43 Å². The molecule has 1 heterocycles. The lowest BCUT2D eigenvalue weighted by Crippen LogP contribution is -2.46. The number of carbonyl (C=O) groups excluding carboxylic acids is 1. The van der Waals surface area contributed by atoms with Crippen molar-refractivity contribution in [1.29, 1.82) is 0 Å². The number of nitrogens with one attached hydrogen (secondary N) is 1. The molecule has 1 saturated heterocycles. The summed E-state index contributed by atoms with van der Waals surface area (Å²) in [6, 6.07) is 0. The molecule has 1 amide bonds. The first-order valence-corrected chi connectivity index (χ1v) is 6.23. The van der Waals surface area contributed by atoms with Gasteiger partial charge < -0.3 is 5.11 Å². The Morgan fingerprint density at radius 1 is 1.18 bits per heavy atom. The molecular formula is C12H20N2O3. The van der Waals surface area contributed by atoms with Crippen LogP contribution in [0.2, 0.25) is 0 Å². The molecule has 2 aliphatic rings. The van der Waals surface area contributed by atoms with Crippen LogP contribution in [0.1, 0.15) is 33.1 Å². The van der Waals surface area contributed by atoms with Crippen LogP contribution in [0.25, 0.3) is 0 Å². The Kier molecular flexibility index (Phi) is 3.12. The largest absolute Gasteiger partial charge is 0.481 e. The maximum atomic E-state index is 12.0. The normalized spacial score (nSPS) is 31.9. The molecule has 2 rings (SSSR count). The van der Waals surface area contributed by atoms with Crippen molar-refractivity contribution >= 4 is 11.9 Å². The minimum atomic E-state index is -0.867. The standard InChI is InChI=1S/C12H20N2O3/c1-12(2)8(9(12)11(16)17)10(15)13-14-6-4-3-5-7-14/h8-9H,3-7H2,1-2H3,(H,13,15)(H,16,17)/t8-,9+/m1/s1. The van der Waals surface area contributed by atoms with Crippen molar-refractivity contribution in [2.75, 3.05) is 13.1 Å². The van der Waals surface area contributed by atoms with E-state index in [0.29, 0.717) is 0 Å². The fraction of sp³-hybridized carbons (Fsp3) is 0.833. The molecule has 0 aromatic carbocycles. The quantitative estimate of drug-likeness (QED) is 0.767. The number of carbonyl (C=O) groups is 2. The topological polar surface area (TPSA) is 69.6 Å². The highest BCUT2D eigenvalue weighted by molar-refractivity contribution is 5.91. The zero-order valence-corrected chi connectivity index (χ0v) is 10.4. The van der Waals surface area contributed by atoms with Crippen LogP contribution < -0.4 is 5.43 Å². The Bertz CT molecular complexity index is 335. The number of hydrogen-bond acceptors (Lipinski definition) is 3. The highest BCUT2D eigenvalue weighted by Crippen LogP contribution is 2.58. The van der Waals surface area contributed by atoms with E-state index in [1.165, 1.54) is 6.42 Å². The third kappa shape index (κ3) is 2.29. The highest BCUT2D eigenvalue weighted by atomic mass is 16.4. The summed E-state index contributed by atoms with van der Waals surface area (Å²) in [4.78, 5) is 23.0. The van der Waals surface area contributed by atoms with Gasteiger partial charge in [0.15, 0.2) is 0 Å². The van der Waals surface area contributed by atoms with Crippen LogP contribution in [-0.2, 0) is 9.59 Å². The van der Waals surface area contributed by atoms with E-state index >= 15 is 0 Å². The summed E-state index contributed by atoms with van der Waals surface area (Å²) in [7, 11) is 0. The number of hydrazine groups is 1. The first kappa shape index (κ1) is 12.4. The molecule has 2 atom stereocenters. The summed E-state index contributed by atoms with van der Waals surface area (Å²) >= 11 is 0. The van der Waals surface area contributed by atoms with E-state index in [1.54, 1.807) is 0 Å². The second-order valence-electron chi connectivity index (χ2n) is 5.64. The Morgan fingerprint density at radius 3 is 2.24 bits per heavy atom. The molecule has 0 aromatic heterocycles. The molecule has 0 unspecified atom stereocenters. The van der Waals surface area contributed by atoms with E-state index in [0.717, 1.165) is 25.9 Å². The summed E-state index contributed by atoms with van der Waals surface area (Å²) in [5.74, 6) is -1.92. The van der Waals surface area contributed by atoms with Crippen molar-refractivity contribution in [1.82, 2.24) is 10.4 Å². The molecule has 2 N–H and O–H groups in total. The third-order valence-corrected chi connectivity index (χ3v) is 4.00. The van der Waals surface area contributed by atoms with Crippen LogP contribution in [0.15, 0.2) is 0 Å². The van der Waals surface area contributed by atoms with Gasteiger partial charge in [-0.05, 0) is 18.3 Å². The lowest BCUT2D eigenvalue weighted by atomic mass is 10.1. The van der Waals surface area contributed by atoms with Crippen molar-refractivity contribution in [2.45, 2.75) is 33.1 Å². The van der Waals surface area contributed by atoms with E-state index in [1.807, 2.05) is 18.9 Å². The van der Waals surface area contributed by atoms with Crippen molar-refractivity contribution in [2.24, 2.45) is 17.3 Å². The van der Waals surface area contributed by atoms with Gasteiger partial charge in [0.05, 0.1) is 11.8 Å². The number of hydrogen-bond donors (Lipinski definition) is 2. The van der Waals surface area contributed by atoms with Crippen LogP contribution in [0.3, 0.4) is 0 Å². The first-order chi connectivity index (χ1) is 7.94. The third-order valence-electron chi connectivity index (χ3n) is 4.00. The highest BCUT2D eigenvalue weighted by Gasteiger charge is 2.66. The number of rotatable bonds is 3. The van der Waals surface area contributed by atoms with E-state index in [9.17, 15) is 9.59 Å². The second kappa shape index (κ2) is 4.29. The molecule has 5 nitrogen and oxygen atoms in total. The first-order valence-electron chi connectivity index (χ1n) is 6.23. The maximum absolute atomic E-state index is 12.0. The Labute approximate surface area is 101 Å². The summed E-state index contributed by atoms with van der Waals surface area (Å²) in [5, 5.41) is 10.9. The Hall–Kier alpha value is -1.10. The number of carboxylic acid groups (broad SMARTS) is 1. The van der Waals surface area contributed by atoms with Gasteiger partial charge in [-0.15, -0.1) is 0 Å². The van der Waals surface area contributed by atoms with Gasteiger partial charge in [0.2, 0.25) is 5.91 Å². The molecule has 0 aromatic rings. The summed E-state index contributed by atoms with van der Waals surface area (Å²) in [6.45, 7) is 5.42. The van der Waals surface area contributed by atoms with Gasteiger partial charge >= 0.3 is 5.97 Å². The van der Waals surface area contributed by atoms with Crippen molar-refractivity contribution in [3.05, 3.63) is 0 Å². The minimum absolute atomic E-state index is 0.135. The number of aliphatic carboxylic acids is 1. The molecule has 96 valence electrons. The number of piperidine rings is 1. The SMILES string of the molecule is CC1(C)[C@H](C(=O)O)[C@@H]1C(=O)NN1CCCCC1. The van der Waals surface area contributed by atoms with Crippen LogP contribution in [0, 0.1) is 17.3 Å². The van der Waals surface area contributed by atoms with Crippen LogP contribution >= 0.6 is 0 Å². The zero-order chi connectivity index (χ0) is 12.6. The van der Waals surface area contributed by atoms with Gasteiger partial charge in [-0.3, -0.25) is 15.0 Å². The van der Waals surface area contributed by atoms with Crippen molar-refractivity contribution in [3.8, 4) is 0 Å². The van der Waals surface area contributed by atoms with Crippen molar-refractivity contribution < 1.29 is 14.7 Å². The molecular weight excluding hydrogens is 220 g/mol. The van der Waals surface area contributed by atoms with Crippen LogP contribution in [0.4, 0.5) is 0 Å². The molecule has 0 spiro atoms. The summed E-state index contributed by atoms with van der Waals surface area (Å²) in [6.07, 6.45) is 3.40. The zero-order valence-electron chi connectivity index (χ0n) is 10.4. The van der Waals surface area contributed by atoms with E-state index < -0.39 is 17.3 Å².